The van der Waals surface area contributed by atoms with Gasteiger partial charge in [0.25, 0.3) is 0 Å². The lowest BCUT2D eigenvalue weighted by molar-refractivity contribution is 0.132. The number of hydrogen-bond donors (Lipinski definition) is 2. The Labute approximate surface area is 75.9 Å². The normalized spacial score (nSPS) is 36.2. The van der Waals surface area contributed by atoms with Gasteiger partial charge in [-0.05, 0) is 32.1 Å². The van der Waals surface area contributed by atoms with Gasteiger partial charge in [-0.1, -0.05) is 13.8 Å². The summed E-state index contributed by atoms with van der Waals surface area (Å²) in [4.78, 5) is 0. The Bertz CT molecular complexity index is 148. The second-order valence-electron chi connectivity index (χ2n) is 5.05. The molecular formula is C10H22N2. The summed E-state index contributed by atoms with van der Waals surface area (Å²) < 4.78 is 0. The lowest BCUT2D eigenvalue weighted by Crippen LogP contribution is -2.54. The number of nitrogens with one attached hydrogen (secondary N) is 1. The minimum absolute atomic E-state index is 0.0709. The topological polar surface area (TPSA) is 38.0 Å². The standard InChI is InChI=1S/C10H22N2/c1-7-5-9(8(7)2)12-6-10(3,4)11/h7-9,12H,5-6,11H2,1-4H3. The average molecular weight is 170 g/mol. The second-order valence-corrected chi connectivity index (χ2v) is 5.05. The first-order chi connectivity index (χ1) is 5.40. The van der Waals surface area contributed by atoms with E-state index in [1.165, 1.54) is 6.42 Å². The first kappa shape index (κ1) is 10.0. The Kier molecular flexibility index (Phi) is 2.79. The Balaban J connectivity index is 2.18. The van der Waals surface area contributed by atoms with Crippen LogP contribution in [0.4, 0.5) is 0 Å². The van der Waals surface area contributed by atoms with Crippen LogP contribution in [0.5, 0.6) is 0 Å². The molecule has 12 heavy (non-hydrogen) atoms. The molecule has 0 aromatic rings. The summed E-state index contributed by atoms with van der Waals surface area (Å²) in [7, 11) is 0. The maximum atomic E-state index is 5.88. The summed E-state index contributed by atoms with van der Waals surface area (Å²) in [6, 6.07) is 0.711. The fraction of sp³-hybridized carbons (Fsp3) is 1.00. The molecule has 2 heteroatoms. The molecule has 0 spiro atoms. The van der Waals surface area contributed by atoms with E-state index in [1.807, 2.05) is 0 Å². The zero-order chi connectivity index (χ0) is 9.35. The molecule has 0 aromatic heterocycles. The van der Waals surface area contributed by atoms with Gasteiger partial charge in [-0.3, -0.25) is 0 Å². The molecule has 1 aliphatic rings. The van der Waals surface area contributed by atoms with Gasteiger partial charge in [-0.15, -0.1) is 0 Å². The Hall–Kier alpha value is -0.0800. The summed E-state index contributed by atoms with van der Waals surface area (Å²) >= 11 is 0. The highest BCUT2D eigenvalue weighted by molar-refractivity contribution is 4.91. The van der Waals surface area contributed by atoms with Crippen LogP contribution < -0.4 is 11.1 Å². The lowest BCUT2D eigenvalue weighted by atomic mass is 9.71. The molecule has 0 heterocycles. The van der Waals surface area contributed by atoms with E-state index in [1.54, 1.807) is 0 Å². The zero-order valence-electron chi connectivity index (χ0n) is 8.72. The Morgan fingerprint density at radius 3 is 2.33 bits per heavy atom. The van der Waals surface area contributed by atoms with Crippen molar-refractivity contribution in [2.75, 3.05) is 6.54 Å². The highest BCUT2D eigenvalue weighted by atomic mass is 15.0. The molecule has 0 amide bonds. The van der Waals surface area contributed by atoms with Gasteiger partial charge in [-0.25, -0.2) is 0 Å². The molecule has 72 valence electrons. The predicted molar refractivity (Wildman–Crippen MR) is 53.0 cm³/mol. The highest BCUT2D eigenvalue weighted by Crippen LogP contribution is 2.33. The van der Waals surface area contributed by atoms with Crippen LogP contribution in [0, 0.1) is 11.8 Å². The molecule has 2 nitrogen and oxygen atoms in total. The van der Waals surface area contributed by atoms with Crippen molar-refractivity contribution >= 4 is 0 Å². The van der Waals surface area contributed by atoms with E-state index in [9.17, 15) is 0 Å². The molecule has 0 aromatic carbocycles. The van der Waals surface area contributed by atoms with Crippen molar-refractivity contribution in [3.63, 3.8) is 0 Å². The van der Waals surface area contributed by atoms with Crippen LogP contribution >= 0.6 is 0 Å². The molecule has 0 radical (unpaired) electrons. The van der Waals surface area contributed by atoms with Gasteiger partial charge in [0.1, 0.15) is 0 Å². The average Bonchev–Trinajstić information content (AvgIpc) is 1.95. The fourth-order valence-electron chi connectivity index (χ4n) is 1.69. The first-order valence-electron chi connectivity index (χ1n) is 4.92. The third-order valence-electron chi connectivity index (χ3n) is 2.98. The van der Waals surface area contributed by atoms with Crippen molar-refractivity contribution < 1.29 is 0 Å². The Morgan fingerprint density at radius 1 is 1.42 bits per heavy atom. The van der Waals surface area contributed by atoms with E-state index in [4.69, 9.17) is 5.73 Å². The monoisotopic (exact) mass is 170 g/mol. The third kappa shape index (κ3) is 2.46. The quantitative estimate of drug-likeness (QED) is 0.671. The van der Waals surface area contributed by atoms with Crippen LogP contribution in [0.3, 0.4) is 0 Å². The molecule has 3 atom stereocenters. The minimum atomic E-state index is -0.0709. The summed E-state index contributed by atoms with van der Waals surface area (Å²) in [6.07, 6.45) is 1.32. The van der Waals surface area contributed by atoms with Gasteiger partial charge in [0.05, 0.1) is 0 Å². The van der Waals surface area contributed by atoms with Crippen LogP contribution in [0.25, 0.3) is 0 Å². The molecule has 3 unspecified atom stereocenters. The van der Waals surface area contributed by atoms with Crippen molar-refractivity contribution in [1.29, 1.82) is 0 Å². The first-order valence-corrected chi connectivity index (χ1v) is 4.92. The van der Waals surface area contributed by atoms with Crippen molar-refractivity contribution in [1.82, 2.24) is 5.32 Å². The van der Waals surface area contributed by atoms with E-state index in [0.717, 1.165) is 18.4 Å². The molecule has 0 aliphatic heterocycles. The maximum absolute atomic E-state index is 5.88. The zero-order valence-corrected chi connectivity index (χ0v) is 8.72. The summed E-state index contributed by atoms with van der Waals surface area (Å²) in [5, 5.41) is 3.51. The van der Waals surface area contributed by atoms with Crippen LogP contribution in [0.1, 0.15) is 34.1 Å². The maximum Gasteiger partial charge on any atom is 0.0223 e. The molecule has 1 aliphatic carbocycles. The van der Waals surface area contributed by atoms with E-state index in [2.05, 4.69) is 33.0 Å². The van der Waals surface area contributed by atoms with Crippen LogP contribution in [-0.2, 0) is 0 Å². The summed E-state index contributed by atoms with van der Waals surface area (Å²) in [5.41, 5.74) is 5.81. The molecule has 0 bridgehead atoms. The number of nitrogens with two attached hydrogens (primary N) is 1. The van der Waals surface area contributed by atoms with Crippen LogP contribution in [0.2, 0.25) is 0 Å². The SMILES string of the molecule is CC1CC(NCC(C)(C)N)C1C. The molecule has 1 rings (SSSR count). The van der Waals surface area contributed by atoms with Crippen LogP contribution in [0.15, 0.2) is 0 Å². The van der Waals surface area contributed by atoms with Crippen molar-refractivity contribution in [2.24, 2.45) is 17.6 Å². The highest BCUT2D eigenvalue weighted by Gasteiger charge is 2.34. The third-order valence-corrected chi connectivity index (χ3v) is 2.98. The van der Waals surface area contributed by atoms with E-state index >= 15 is 0 Å². The van der Waals surface area contributed by atoms with Gasteiger partial charge >= 0.3 is 0 Å². The van der Waals surface area contributed by atoms with Crippen LogP contribution in [-0.4, -0.2) is 18.1 Å². The van der Waals surface area contributed by atoms with Gasteiger partial charge in [0, 0.05) is 18.1 Å². The van der Waals surface area contributed by atoms with Gasteiger partial charge in [-0.2, -0.15) is 0 Å². The largest absolute Gasteiger partial charge is 0.324 e. The molecular weight excluding hydrogens is 148 g/mol. The van der Waals surface area contributed by atoms with E-state index < -0.39 is 0 Å². The van der Waals surface area contributed by atoms with E-state index in [0.29, 0.717) is 6.04 Å². The van der Waals surface area contributed by atoms with Crippen molar-refractivity contribution in [3.8, 4) is 0 Å². The lowest BCUT2D eigenvalue weighted by Gasteiger charge is -2.42. The molecule has 1 saturated carbocycles. The van der Waals surface area contributed by atoms with Gasteiger partial charge in [0.2, 0.25) is 0 Å². The van der Waals surface area contributed by atoms with Gasteiger partial charge in [0.15, 0.2) is 0 Å². The van der Waals surface area contributed by atoms with Crippen molar-refractivity contribution in [2.45, 2.75) is 45.7 Å². The Morgan fingerprint density at radius 2 is 2.00 bits per heavy atom. The van der Waals surface area contributed by atoms with E-state index in [-0.39, 0.29) is 5.54 Å². The smallest absolute Gasteiger partial charge is 0.0223 e. The summed E-state index contributed by atoms with van der Waals surface area (Å²) in [6.45, 7) is 9.68. The minimum Gasteiger partial charge on any atom is -0.324 e. The number of rotatable bonds is 3. The number of hydrogen-bond acceptors (Lipinski definition) is 2. The van der Waals surface area contributed by atoms with Crippen molar-refractivity contribution in [3.05, 3.63) is 0 Å². The second kappa shape index (κ2) is 3.35. The predicted octanol–water partition coefficient (Wildman–Crippen LogP) is 1.36. The fourth-order valence-corrected chi connectivity index (χ4v) is 1.69. The molecule has 0 saturated heterocycles. The summed E-state index contributed by atoms with van der Waals surface area (Å²) in [5.74, 6) is 1.72. The molecule has 3 N–H and O–H groups in total. The van der Waals surface area contributed by atoms with Gasteiger partial charge < -0.3 is 11.1 Å². The molecule has 1 fully saturated rings.